The molecule has 1 aliphatic carbocycles. The summed E-state index contributed by atoms with van der Waals surface area (Å²) in [6.45, 7) is 1.41. The summed E-state index contributed by atoms with van der Waals surface area (Å²) in [4.78, 5) is 39.5. The third-order valence-corrected chi connectivity index (χ3v) is 6.23. The average molecular weight is 421 g/mol. The van der Waals surface area contributed by atoms with Crippen LogP contribution in [0.15, 0.2) is 42.5 Å². The van der Waals surface area contributed by atoms with Crippen LogP contribution in [0.3, 0.4) is 0 Å². The lowest BCUT2D eigenvalue weighted by Gasteiger charge is -2.27. The smallest absolute Gasteiger partial charge is 0.325 e. The molecule has 2 aliphatic heterocycles. The number of fused-ring (bicyclic) bond motifs is 2. The number of aryl methyl sites for hydroxylation is 1. The summed E-state index contributed by atoms with van der Waals surface area (Å²) in [6.07, 6.45) is 2.80. The highest BCUT2D eigenvalue weighted by atomic mass is 16.7. The van der Waals surface area contributed by atoms with Gasteiger partial charge in [-0.15, -0.1) is 0 Å². The first-order chi connectivity index (χ1) is 15.0. The van der Waals surface area contributed by atoms with Crippen molar-refractivity contribution in [3.05, 3.63) is 59.2 Å². The summed E-state index contributed by atoms with van der Waals surface area (Å²) in [7, 11) is 0. The highest BCUT2D eigenvalue weighted by Crippen LogP contribution is 2.38. The van der Waals surface area contributed by atoms with Crippen molar-refractivity contribution in [1.82, 2.24) is 15.5 Å². The molecular weight excluding hydrogens is 398 g/mol. The van der Waals surface area contributed by atoms with Gasteiger partial charge in [0.2, 0.25) is 12.7 Å². The number of nitrogens with one attached hydrogen (secondary N) is 2. The van der Waals surface area contributed by atoms with E-state index in [0.717, 1.165) is 29.7 Å². The van der Waals surface area contributed by atoms with E-state index in [4.69, 9.17) is 9.47 Å². The van der Waals surface area contributed by atoms with Gasteiger partial charge < -0.3 is 20.1 Å². The minimum Gasteiger partial charge on any atom is -0.454 e. The van der Waals surface area contributed by atoms with Gasteiger partial charge in [-0.3, -0.25) is 14.5 Å². The molecular formula is C23H23N3O5. The number of hydrogen-bond donors (Lipinski definition) is 2. The normalized spacial score (nSPS) is 24.0. The number of hydrogen-bond acceptors (Lipinski definition) is 5. The molecule has 5 rings (SSSR count). The van der Waals surface area contributed by atoms with Crippen molar-refractivity contribution in [1.29, 1.82) is 0 Å². The Morgan fingerprint density at radius 2 is 2.00 bits per heavy atom. The third-order valence-electron chi connectivity index (χ3n) is 6.23. The van der Waals surface area contributed by atoms with Crippen molar-refractivity contribution in [3.8, 4) is 11.5 Å². The molecule has 31 heavy (non-hydrogen) atoms. The molecule has 1 saturated heterocycles. The lowest BCUT2D eigenvalue weighted by atomic mass is 9.88. The van der Waals surface area contributed by atoms with E-state index in [-0.39, 0.29) is 25.3 Å². The van der Waals surface area contributed by atoms with Gasteiger partial charge in [-0.05, 0) is 55.0 Å². The van der Waals surface area contributed by atoms with Crippen LogP contribution in [0.1, 0.15) is 42.5 Å². The second kappa shape index (κ2) is 7.30. The molecule has 2 unspecified atom stereocenters. The molecule has 1 fully saturated rings. The van der Waals surface area contributed by atoms with Crippen molar-refractivity contribution in [3.63, 3.8) is 0 Å². The highest BCUT2D eigenvalue weighted by Gasteiger charge is 2.50. The standard InChI is InChI=1S/C23H23N3O5/c1-23(15-9-10-18-19(11-15)31-13-30-18)21(28)26(22(29)25-23)12-20(27)24-17-8-4-6-14-5-2-3-7-16(14)17/h2-3,5,7,9-11,17H,4,6,8,12-13H2,1H3,(H,24,27)(H,25,29). The monoisotopic (exact) mass is 421 g/mol. The maximum Gasteiger partial charge on any atom is 0.325 e. The molecule has 0 aromatic heterocycles. The maximum absolute atomic E-state index is 13.2. The molecule has 0 radical (unpaired) electrons. The maximum atomic E-state index is 13.2. The fourth-order valence-corrected chi connectivity index (χ4v) is 4.53. The minimum atomic E-state index is -1.28. The first-order valence-corrected chi connectivity index (χ1v) is 10.4. The predicted octanol–water partition coefficient (Wildman–Crippen LogP) is 2.38. The highest BCUT2D eigenvalue weighted by molar-refractivity contribution is 6.09. The Bertz CT molecular complexity index is 1080. The van der Waals surface area contributed by atoms with Crippen LogP contribution in [0.2, 0.25) is 0 Å². The molecule has 2 heterocycles. The van der Waals surface area contributed by atoms with Gasteiger partial charge >= 0.3 is 6.03 Å². The molecule has 0 bridgehead atoms. The zero-order chi connectivity index (χ0) is 21.6. The summed E-state index contributed by atoms with van der Waals surface area (Å²) in [5.41, 5.74) is 1.61. The van der Waals surface area contributed by atoms with Gasteiger partial charge in [0.25, 0.3) is 5.91 Å². The summed E-state index contributed by atoms with van der Waals surface area (Å²) >= 11 is 0. The van der Waals surface area contributed by atoms with Gasteiger partial charge in [0, 0.05) is 0 Å². The molecule has 2 N–H and O–H groups in total. The Hall–Kier alpha value is -3.55. The van der Waals surface area contributed by atoms with Crippen molar-refractivity contribution in [2.75, 3.05) is 13.3 Å². The van der Waals surface area contributed by atoms with E-state index >= 15 is 0 Å². The van der Waals surface area contributed by atoms with Gasteiger partial charge in [-0.2, -0.15) is 0 Å². The molecule has 2 aromatic rings. The SMILES string of the molecule is CC1(c2ccc3c(c2)OCO3)NC(=O)N(CC(=O)NC2CCCc3ccccc32)C1=O. The number of carbonyl (C=O) groups excluding carboxylic acids is 3. The number of urea groups is 1. The number of ether oxygens (including phenoxy) is 2. The van der Waals surface area contributed by atoms with E-state index in [9.17, 15) is 14.4 Å². The van der Waals surface area contributed by atoms with E-state index in [1.165, 1.54) is 5.56 Å². The second-order valence-electron chi connectivity index (χ2n) is 8.23. The average Bonchev–Trinajstić information content (AvgIpc) is 3.32. The fraction of sp³-hybridized carbons (Fsp3) is 0.348. The third kappa shape index (κ3) is 3.28. The van der Waals surface area contributed by atoms with E-state index in [1.54, 1.807) is 25.1 Å². The van der Waals surface area contributed by atoms with Crippen LogP contribution in [0.4, 0.5) is 4.79 Å². The van der Waals surface area contributed by atoms with Crippen LogP contribution in [0.5, 0.6) is 11.5 Å². The predicted molar refractivity (Wildman–Crippen MR) is 110 cm³/mol. The Kier molecular flexibility index (Phi) is 4.57. The van der Waals surface area contributed by atoms with Crippen molar-refractivity contribution >= 4 is 17.8 Å². The Balaban J connectivity index is 1.31. The molecule has 2 atom stereocenters. The summed E-state index contributed by atoms with van der Waals surface area (Å²) in [5.74, 6) is 0.275. The van der Waals surface area contributed by atoms with Crippen molar-refractivity contribution < 1.29 is 23.9 Å². The molecule has 0 spiro atoms. The van der Waals surface area contributed by atoms with Crippen LogP contribution in [0.25, 0.3) is 0 Å². The molecule has 8 nitrogen and oxygen atoms in total. The fourth-order valence-electron chi connectivity index (χ4n) is 4.53. The van der Waals surface area contributed by atoms with Gasteiger partial charge in [0.05, 0.1) is 6.04 Å². The van der Waals surface area contributed by atoms with Gasteiger partial charge in [0.1, 0.15) is 12.1 Å². The summed E-state index contributed by atoms with van der Waals surface area (Å²) < 4.78 is 10.7. The van der Waals surface area contributed by atoms with Crippen LogP contribution in [-0.4, -0.2) is 36.1 Å². The molecule has 2 aromatic carbocycles. The van der Waals surface area contributed by atoms with Crippen molar-refractivity contribution in [2.45, 2.75) is 37.8 Å². The first kappa shape index (κ1) is 19.4. The molecule has 0 saturated carbocycles. The molecule has 3 aliphatic rings. The number of imide groups is 1. The lowest BCUT2D eigenvalue weighted by Crippen LogP contribution is -2.44. The molecule has 4 amide bonds. The number of carbonyl (C=O) groups is 3. The number of benzene rings is 2. The Morgan fingerprint density at radius 1 is 1.19 bits per heavy atom. The quantitative estimate of drug-likeness (QED) is 0.739. The largest absolute Gasteiger partial charge is 0.454 e. The topological polar surface area (TPSA) is 97.0 Å². The first-order valence-electron chi connectivity index (χ1n) is 10.4. The second-order valence-corrected chi connectivity index (χ2v) is 8.23. The zero-order valence-electron chi connectivity index (χ0n) is 17.1. The van der Waals surface area contributed by atoms with Crippen LogP contribution in [0, 0.1) is 0 Å². The molecule has 8 heteroatoms. The number of rotatable bonds is 4. The molecule has 160 valence electrons. The van der Waals surface area contributed by atoms with Crippen LogP contribution < -0.4 is 20.1 Å². The van der Waals surface area contributed by atoms with E-state index in [2.05, 4.69) is 16.7 Å². The van der Waals surface area contributed by atoms with Gasteiger partial charge in [-0.25, -0.2) is 4.79 Å². The summed E-state index contributed by atoms with van der Waals surface area (Å²) in [6, 6.07) is 12.4. The van der Waals surface area contributed by atoms with Crippen molar-refractivity contribution in [2.24, 2.45) is 0 Å². The Morgan fingerprint density at radius 3 is 2.87 bits per heavy atom. The van der Waals surface area contributed by atoms with Gasteiger partial charge in [0.15, 0.2) is 11.5 Å². The Labute approximate surface area is 179 Å². The van der Waals surface area contributed by atoms with Gasteiger partial charge in [-0.1, -0.05) is 30.3 Å². The van der Waals surface area contributed by atoms with E-state index in [1.807, 2.05) is 18.2 Å². The van der Waals surface area contributed by atoms with E-state index in [0.29, 0.717) is 17.1 Å². The zero-order valence-corrected chi connectivity index (χ0v) is 17.1. The number of amides is 4. The lowest BCUT2D eigenvalue weighted by molar-refractivity contribution is -0.135. The minimum absolute atomic E-state index is 0.113. The van der Waals surface area contributed by atoms with E-state index < -0.39 is 17.5 Å². The van der Waals surface area contributed by atoms with Crippen LogP contribution >= 0.6 is 0 Å². The van der Waals surface area contributed by atoms with Crippen LogP contribution in [-0.2, 0) is 21.5 Å². The number of nitrogens with zero attached hydrogens (tertiary/aromatic N) is 1. The summed E-state index contributed by atoms with van der Waals surface area (Å²) in [5, 5.41) is 5.72.